The smallest absolute Gasteiger partial charge is 0.545 e. The van der Waals surface area contributed by atoms with Gasteiger partial charge in [-0.1, -0.05) is 146 Å². The molecule has 4 heterocycles. The Morgan fingerprint density at radius 1 is 0.317 bits per heavy atom. The van der Waals surface area contributed by atoms with E-state index in [2.05, 4.69) is 86.7 Å². The molecule has 4 aromatic heterocycles. The van der Waals surface area contributed by atoms with Crippen molar-refractivity contribution in [2.24, 2.45) is 0 Å². The molecule has 0 bridgehead atoms. The molecular weight excluding hydrogens is 1150 g/mol. The summed E-state index contributed by atoms with van der Waals surface area (Å²) in [5.41, 5.74) is 7.37. The number of aldehydes is 4. The number of carboxylic acids is 4. The Morgan fingerprint density at radius 2 is 0.500 bits per heavy atom. The van der Waals surface area contributed by atoms with Gasteiger partial charge < -0.3 is 57.9 Å². The molecule has 0 aliphatic rings. The van der Waals surface area contributed by atoms with Crippen LogP contribution in [0, 0.1) is 0 Å². The van der Waals surface area contributed by atoms with E-state index in [0.717, 1.165) is 26.2 Å². The van der Waals surface area contributed by atoms with Crippen molar-refractivity contribution in [2.45, 2.75) is 26.2 Å². The van der Waals surface area contributed by atoms with Gasteiger partial charge in [0, 0.05) is 98.0 Å². The van der Waals surface area contributed by atoms with Crippen LogP contribution in [0.1, 0.15) is 105 Å². The van der Waals surface area contributed by atoms with Crippen molar-refractivity contribution >= 4 is 49.0 Å². The number of rotatable bonds is 16. The average Bonchev–Trinajstić information content (AvgIpc) is 4.37. The fraction of sp³-hybridized carbons (Fsp3) is 0.0667. The third-order valence-corrected chi connectivity index (χ3v) is 11.0. The third-order valence-electron chi connectivity index (χ3n) is 11.0. The van der Waals surface area contributed by atoms with Crippen LogP contribution >= 0.6 is 0 Å². The maximum atomic E-state index is 10.2. The summed E-state index contributed by atoms with van der Waals surface area (Å²) in [6.07, 6.45) is 25.1. The van der Waals surface area contributed by atoms with Crippen molar-refractivity contribution in [1.82, 2.24) is 38.2 Å². The zero-order valence-corrected chi connectivity index (χ0v) is 44.9. The molecule has 82 heavy (non-hydrogen) atoms. The van der Waals surface area contributed by atoms with Crippen molar-refractivity contribution in [3.63, 3.8) is 0 Å². The molecule has 6 aromatic carbocycles. The van der Waals surface area contributed by atoms with Crippen LogP contribution in [0.2, 0.25) is 0 Å². The standard InChI is InChI=1S/2C14H14N4.4C8H6O3.2Cu/c2*1-2-4-14(10-18-8-6-16-12-18)13(3-1)9-17-7-5-15-11-17;4*9-5-6-1-3-7(4-2-6)8(10)11;;/h2*1-8,11-12H,9-10H2;4*1-5H,(H,10,11);;/q;;;;;;2*+2/p-4. The summed E-state index contributed by atoms with van der Waals surface area (Å²) in [6.45, 7) is 3.41. The summed E-state index contributed by atoms with van der Waals surface area (Å²) in [4.78, 5) is 97.6. The molecule has 0 spiro atoms. The first kappa shape index (κ1) is 66.0. The van der Waals surface area contributed by atoms with E-state index in [9.17, 15) is 58.8 Å². The van der Waals surface area contributed by atoms with Gasteiger partial charge in [0.15, 0.2) is 0 Å². The molecule has 0 fully saturated rings. The molecule has 0 aliphatic carbocycles. The van der Waals surface area contributed by atoms with Gasteiger partial charge >= 0.3 is 34.1 Å². The van der Waals surface area contributed by atoms with Crippen molar-refractivity contribution in [1.29, 1.82) is 0 Å². The van der Waals surface area contributed by atoms with Gasteiger partial charge in [-0.3, -0.25) is 19.2 Å². The number of imidazole rings is 4. The van der Waals surface area contributed by atoms with Crippen LogP contribution in [0.25, 0.3) is 0 Å². The Balaban J connectivity index is 0.000000261. The molecule has 0 unspecified atom stereocenters. The monoisotopic (exact) mass is 1200 g/mol. The van der Waals surface area contributed by atoms with Crippen LogP contribution in [-0.2, 0) is 60.3 Å². The number of nitrogens with zero attached hydrogens (tertiary/aromatic N) is 8. The number of aromatic carboxylic acids is 4. The molecule has 20 nitrogen and oxygen atoms in total. The summed E-state index contributed by atoms with van der Waals surface area (Å²) in [7, 11) is 0. The molecule has 0 amide bonds. The normalized spacial score (nSPS) is 9.56. The molecular formula is C60H48Cu2N8O12. The van der Waals surface area contributed by atoms with Gasteiger partial charge in [-0.25, -0.2) is 19.9 Å². The van der Waals surface area contributed by atoms with Gasteiger partial charge in [-0.2, -0.15) is 0 Å². The Kier molecular flexibility index (Phi) is 29.0. The summed E-state index contributed by atoms with van der Waals surface area (Å²) >= 11 is 0. The second-order valence-corrected chi connectivity index (χ2v) is 16.6. The number of carbonyl (C=O) groups is 8. The minimum absolute atomic E-state index is 0. The summed E-state index contributed by atoms with van der Waals surface area (Å²) < 4.78 is 8.30. The molecule has 422 valence electrons. The number of carboxylic acid groups (broad SMARTS) is 4. The quantitative estimate of drug-likeness (QED) is 0.0981. The van der Waals surface area contributed by atoms with E-state index in [0.29, 0.717) is 47.4 Å². The maximum absolute atomic E-state index is 10.2. The molecule has 2 radical (unpaired) electrons. The predicted octanol–water partition coefficient (Wildman–Crippen LogP) is 3.80. The number of aromatic nitrogens is 8. The fourth-order valence-electron chi connectivity index (χ4n) is 6.83. The molecule has 0 saturated carbocycles. The van der Waals surface area contributed by atoms with Gasteiger partial charge in [0.2, 0.25) is 0 Å². The number of hydrogen-bond acceptors (Lipinski definition) is 16. The largest absolute Gasteiger partial charge is 2.00 e. The average molecular weight is 1200 g/mol. The Morgan fingerprint density at radius 3 is 0.634 bits per heavy atom. The fourth-order valence-corrected chi connectivity index (χ4v) is 6.83. The first-order valence-electron chi connectivity index (χ1n) is 23.8. The van der Waals surface area contributed by atoms with E-state index in [1.807, 2.05) is 50.1 Å². The number of carbonyl (C=O) groups excluding carboxylic acids is 8. The molecule has 10 aromatic rings. The summed E-state index contributed by atoms with van der Waals surface area (Å²) in [6, 6.07) is 39.0. The Labute approximate surface area is 491 Å². The van der Waals surface area contributed by atoms with Crippen molar-refractivity contribution in [2.75, 3.05) is 0 Å². The van der Waals surface area contributed by atoms with E-state index in [1.165, 1.54) is 119 Å². The van der Waals surface area contributed by atoms with Crippen LogP contribution in [0.4, 0.5) is 0 Å². The molecule has 22 heteroatoms. The van der Waals surface area contributed by atoms with E-state index in [4.69, 9.17) is 0 Å². The molecule has 0 aliphatic heterocycles. The Hall–Kier alpha value is -10.2. The van der Waals surface area contributed by atoms with Crippen LogP contribution < -0.4 is 20.4 Å². The minimum atomic E-state index is -1.23. The van der Waals surface area contributed by atoms with E-state index >= 15 is 0 Å². The van der Waals surface area contributed by atoms with Crippen molar-refractivity contribution in [3.8, 4) is 0 Å². The SMILES string of the molecule is O=Cc1ccc(C(=O)[O-])cc1.O=Cc1ccc(C(=O)[O-])cc1.O=Cc1ccc(C(=O)[O-])cc1.O=Cc1ccc(C(=O)[O-])cc1.[Cu+2].[Cu+2].c1ccc(Cn2ccnc2)c(Cn2ccnc2)c1.c1ccc(Cn2ccnc2)c(Cn2ccnc2)c1. The minimum Gasteiger partial charge on any atom is -0.545 e. The first-order chi connectivity index (χ1) is 38.8. The third kappa shape index (κ3) is 23.0. The van der Waals surface area contributed by atoms with Gasteiger partial charge in [0.25, 0.3) is 0 Å². The number of benzene rings is 6. The van der Waals surface area contributed by atoms with Gasteiger partial charge in [0.05, 0.1) is 49.2 Å². The zero-order valence-electron chi connectivity index (χ0n) is 43.0. The van der Waals surface area contributed by atoms with Crippen LogP contribution in [-0.4, -0.2) is 87.2 Å². The van der Waals surface area contributed by atoms with Crippen molar-refractivity contribution < 1.29 is 92.9 Å². The molecule has 0 N–H and O–H groups in total. The molecule has 0 atom stereocenters. The van der Waals surface area contributed by atoms with Gasteiger partial charge in [-0.15, -0.1) is 0 Å². The summed E-state index contributed by atoms with van der Waals surface area (Å²) in [5, 5.41) is 40.8. The van der Waals surface area contributed by atoms with Crippen LogP contribution in [0.15, 0.2) is 220 Å². The zero-order chi connectivity index (χ0) is 57.5. The topological polar surface area (TPSA) is 300 Å². The summed E-state index contributed by atoms with van der Waals surface area (Å²) in [5.74, 6) is -4.94. The van der Waals surface area contributed by atoms with E-state index in [1.54, 1.807) is 24.8 Å². The van der Waals surface area contributed by atoms with Gasteiger partial charge in [0.1, 0.15) is 25.1 Å². The van der Waals surface area contributed by atoms with Crippen LogP contribution in [0.5, 0.6) is 0 Å². The Bertz CT molecular complexity index is 3040. The molecule has 0 saturated heterocycles. The second kappa shape index (κ2) is 36.0. The van der Waals surface area contributed by atoms with E-state index in [-0.39, 0.29) is 56.4 Å². The molecule has 10 rings (SSSR count). The van der Waals surface area contributed by atoms with Gasteiger partial charge in [-0.05, 0) is 44.5 Å². The van der Waals surface area contributed by atoms with Crippen molar-refractivity contribution in [3.05, 3.63) is 287 Å². The second-order valence-electron chi connectivity index (χ2n) is 16.6. The predicted molar refractivity (Wildman–Crippen MR) is 283 cm³/mol. The maximum Gasteiger partial charge on any atom is 2.00 e. The number of hydrogen-bond donors (Lipinski definition) is 0. The van der Waals surface area contributed by atoms with E-state index < -0.39 is 23.9 Å². The van der Waals surface area contributed by atoms with Crippen LogP contribution in [0.3, 0.4) is 0 Å². The first-order valence-corrected chi connectivity index (χ1v) is 23.8.